The smallest absolute Gasteiger partial charge is 0.341 e. The highest BCUT2D eigenvalue weighted by molar-refractivity contribution is 5.93. The summed E-state index contributed by atoms with van der Waals surface area (Å²) in [5.74, 6) is -0.659. The third kappa shape index (κ3) is 3.11. The maximum Gasteiger partial charge on any atom is 0.341 e. The first-order valence-corrected chi connectivity index (χ1v) is 8.34. The van der Waals surface area contributed by atoms with Gasteiger partial charge in [-0.25, -0.2) is 9.78 Å². The van der Waals surface area contributed by atoms with Crippen molar-refractivity contribution >= 4 is 22.6 Å². The lowest BCUT2D eigenvalue weighted by Gasteiger charge is -2.14. The third-order valence-corrected chi connectivity index (χ3v) is 4.10. The highest BCUT2D eigenvalue weighted by atomic mass is 16.5. The average molecular weight is 356 g/mol. The van der Waals surface area contributed by atoms with Crippen LogP contribution in [-0.4, -0.2) is 40.2 Å². The van der Waals surface area contributed by atoms with Crippen LogP contribution in [0.1, 0.15) is 23.7 Å². The number of methoxy groups -OCH3 is 1. The van der Waals surface area contributed by atoms with Crippen molar-refractivity contribution < 1.29 is 14.3 Å². The van der Waals surface area contributed by atoms with Crippen LogP contribution in [0.25, 0.3) is 16.7 Å². The minimum atomic E-state index is -0.659. The molecule has 8 heteroatoms. The Kier molecular flexibility index (Phi) is 5.13. The van der Waals surface area contributed by atoms with E-state index in [1.807, 2.05) is 6.92 Å². The van der Waals surface area contributed by atoms with Crippen molar-refractivity contribution in [3.8, 4) is 0 Å². The molecule has 0 amide bonds. The lowest BCUT2D eigenvalue weighted by atomic mass is 10.2. The van der Waals surface area contributed by atoms with Crippen molar-refractivity contribution in [2.45, 2.75) is 19.9 Å². The number of esters is 1. The molecule has 26 heavy (non-hydrogen) atoms. The van der Waals surface area contributed by atoms with Crippen molar-refractivity contribution in [1.29, 1.82) is 5.41 Å². The predicted molar refractivity (Wildman–Crippen MR) is 95.3 cm³/mol. The molecule has 0 aromatic carbocycles. The fourth-order valence-electron chi connectivity index (χ4n) is 2.84. The van der Waals surface area contributed by atoms with Crippen LogP contribution in [0.4, 0.5) is 0 Å². The monoisotopic (exact) mass is 356 g/mol. The van der Waals surface area contributed by atoms with Gasteiger partial charge in [0.1, 0.15) is 22.3 Å². The summed E-state index contributed by atoms with van der Waals surface area (Å²) in [7, 11) is 1.25. The Balaban J connectivity index is 2.29. The van der Waals surface area contributed by atoms with Gasteiger partial charge in [-0.1, -0.05) is 6.07 Å². The molecule has 0 bridgehead atoms. The Morgan fingerprint density at radius 2 is 2.15 bits per heavy atom. The van der Waals surface area contributed by atoms with Crippen molar-refractivity contribution in [2.24, 2.45) is 0 Å². The van der Waals surface area contributed by atoms with E-state index in [0.29, 0.717) is 37.5 Å². The summed E-state index contributed by atoms with van der Waals surface area (Å²) in [4.78, 5) is 29.5. The summed E-state index contributed by atoms with van der Waals surface area (Å²) < 4.78 is 13.1. The van der Waals surface area contributed by atoms with Crippen LogP contribution in [0.3, 0.4) is 0 Å². The fourth-order valence-corrected chi connectivity index (χ4v) is 2.84. The maximum absolute atomic E-state index is 12.9. The Labute approximate surface area is 149 Å². The van der Waals surface area contributed by atoms with Crippen LogP contribution in [0.15, 0.2) is 35.3 Å². The molecule has 0 radical (unpaired) electrons. The number of pyridine rings is 2. The van der Waals surface area contributed by atoms with Gasteiger partial charge in [0.15, 0.2) is 0 Å². The number of fused-ring (bicyclic) bond motifs is 2. The molecule has 0 unspecified atom stereocenters. The number of hydrogen-bond donors (Lipinski definition) is 1. The van der Waals surface area contributed by atoms with Gasteiger partial charge < -0.3 is 14.0 Å². The number of rotatable bonds is 6. The van der Waals surface area contributed by atoms with E-state index < -0.39 is 5.97 Å². The molecular weight excluding hydrogens is 336 g/mol. The van der Waals surface area contributed by atoms with Crippen LogP contribution >= 0.6 is 0 Å². The first-order chi connectivity index (χ1) is 12.6. The van der Waals surface area contributed by atoms with E-state index >= 15 is 0 Å². The SMILES string of the molecule is CCOCCCn1c(=N)c(C(=O)OC)cc2c(=O)n3ccccc3nc21. The number of nitrogens with zero attached hydrogens (tertiary/aromatic N) is 3. The van der Waals surface area contributed by atoms with Crippen molar-refractivity contribution in [3.05, 3.63) is 51.9 Å². The summed E-state index contributed by atoms with van der Waals surface area (Å²) in [6.45, 7) is 3.42. The molecule has 136 valence electrons. The van der Waals surface area contributed by atoms with Gasteiger partial charge in [0.05, 0.1) is 12.5 Å². The van der Waals surface area contributed by atoms with Gasteiger partial charge in [0.25, 0.3) is 5.56 Å². The zero-order valence-electron chi connectivity index (χ0n) is 14.7. The van der Waals surface area contributed by atoms with E-state index in [-0.39, 0.29) is 22.0 Å². The van der Waals surface area contributed by atoms with Gasteiger partial charge in [0.2, 0.25) is 0 Å². The Bertz CT molecular complexity index is 1080. The zero-order chi connectivity index (χ0) is 18.7. The number of ether oxygens (including phenoxy) is 2. The zero-order valence-corrected chi connectivity index (χ0v) is 14.7. The van der Waals surface area contributed by atoms with Gasteiger partial charge in [-0.05, 0) is 31.5 Å². The van der Waals surface area contributed by atoms with Crippen LogP contribution in [-0.2, 0) is 16.0 Å². The van der Waals surface area contributed by atoms with E-state index in [1.54, 1.807) is 29.0 Å². The number of hydrogen-bond acceptors (Lipinski definition) is 6. The molecule has 0 atom stereocenters. The second-order valence-corrected chi connectivity index (χ2v) is 5.68. The molecule has 0 aliphatic heterocycles. The standard InChI is InChI=1S/C18H20N4O4/c1-3-26-10-6-9-22-15(19)12(18(24)25-2)11-13-16(22)20-14-7-4-5-8-21(14)17(13)23/h4-5,7-8,11,19H,3,6,9-10H2,1-2H3. The Morgan fingerprint density at radius 3 is 2.88 bits per heavy atom. The second kappa shape index (κ2) is 7.49. The van der Waals surface area contributed by atoms with E-state index in [0.717, 1.165) is 0 Å². The maximum atomic E-state index is 12.9. The van der Waals surface area contributed by atoms with Gasteiger partial charge >= 0.3 is 5.97 Å². The first kappa shape index (κ1) is 17.8. The molecule has 3 heterocycles. The highest BCUT2D eigenvalue weighted by Crippen LogP contribution is 2.11. The first-order valence-electron chi connectivity index (χ1n) is 8.34. The summed E-state index contributed by atoms with van der Waals surface area (Å²) >= 11 is 0. The summed E-state index contributed by atoms with van der Waals surface area (Å²) in [6.07, 6.45) is 2.25. The van der Waals surface area contributed by atoms with Gasteiger partial charge in [0, 0.05) is 26.0 Å². The molecule has 8 nitrogen and oxygen atoms in total. The molecule has 0 spiro atoms. The largest absolute Gasteiger partial charge is 0.465 e. The molecule has 3 aromatic heterocycles. The van der Waals surface area contributed by atoms with Gasteiger partial charge in [-0.2, -0.15) is 0 Å². The summed E-state index contributed by atoms with van der Waals surface area (Å²) in [5, 5.41) is 8.66. The minimum Gasteiger partial charge on any atom is -0.465 e. The number of aryl methyl sites for hydroxylation is 1. The van der Waals surface area contributed by atoms with Crippen LogP contribution < -0.4 is 11.0 Å². The van der Waals surface area contributed by atoms with E-state index in [2.05, 4.69) is 4.98 Å². The van der Waals surface area contributed by atoms with Crippen molar-refractivity contribution in [1.82, 2.24) is 14.0 Å². The molecule has 1 N–H and O–H groups in total. The van der Waals surface area contributed by atoms with Crippen molar-refractivity contribution in [3.63, 3.8) is 0 Å². The molecule has 0 aliphatic rings. The number of carbonyl (C=O) groups excluding carboxylic acids is 1. The Morgan fingerprint density at radius 1 is 1.35 bits per heavy atom. The van der Waals surface area contributed by atoms with E-state index in [4.69, 9.17) is 14.9 Å². The average Bonchev–Trinajstić information content (AvgIpc) is 2.66. The quantitative estimate of drug-likeness (QED) is 0.408. The van der Waals surface area contributed by atoms with Crippen molar-refractivity contribution in [2.75, 3.05) is 20.3 Å². The summed E-state index contributed by atoms with van der Waals surface area (Å²) in [5.41, 5.74) is 0.553. The summed E-state index contributed by atoms with van der Waals surface area (Å²) in [6, 6.07) is 6.64. The Hall–Kier alpha value is -3.00. The lowest BCUT2D eigenvalue weighted by molar-refractivity contribution is 0.0597. The molecule has 0 fully saturated rings. The van der Waals surface area contributed by atoms with E-state index in [1.165, 1.54) is 17.6 Å². The van der Waals surface area contributed by atoms with E-state index in [9.17, 15) is 9.59 Å². The fraction of sp³-hybridized carbons (Fsp3) is 0.333. The lowest BCUT2D eigenvalue weighted by Crippen LogP contribution is -2.31. The number of aromatic nitrogens is 3. The predicted octanol–water partition coefficient (Wildman–Crippen LogP) is 1.34. The molecule has 0 saturated heterocycles. The number of carbonyl (C=O) groups is 1. The minimum absolute atomic E-state index is 0.0335. The third-order valence-electron chi connectivity index (χ3n) is 4.10. The van der Waals surface area contributed by atoms with Crippen LogP contribution in [0, 0.1) is 5.41 Å². The van der Waals surface area contributed by atoms with Crippen LogP contribution in [0.2, 0.25) is 0 Å². The topological polar surface area (TPSA) is 98.7 Å². The van der Waals surface area contributed by atoms with Gasteiger partial charge in [-0.3, -0.25) is 14.6 Å². The molecule has 3 rings (SSSR count). The number of nitrogens with one attached hydrogen (secondary N) is 1. The molecule has 3 aromatic rings. The molecule has 0 saturated carbocycles. The highest BCUT2D eigenvalue weighted by Gasteiger charge is 2.17. The molecule has 0 aliphatic carbocycles. The van der Waals surface area contributed by atoms with Crippen LogP contribution in [0.5, 0.6) is 0 Å². The normalized spacial score (nSPS) is 11.2. The van der Waals surface area contributed by atoms with Gasteiger partial charge in [-0.15, -0.1) is 0 Å². The molecular formula is C18H20N4O4. The second-order valence-electron chi connectivity index (χ2n) is 5.68.